The first-order chi connectivity index (χ1) is 9.65. The van der Waals surface area contributed by atoms with Crippen LogP contribution in [-0.4, -0.2) is 13.7 Å². The molecule has 0 aliphatic heterocycles. The first-order valence-electron chi connectivity index (χ1n) is 7.08. The molecule has 0 spiro atoms. The molecule has 1 aromatic carbocycles. The summed E-state index contributed by atoms with van der Waals surface area (Å²) in [5.41, 5.74) is 2.44. The maximum Gasteiger partial charge on any atom is 0.122 e. The van der Waals surface area contributed by atoms with Crippen molar-refractivity contribution in [2.24, 2.45) is 0 Å². The summed E-state index contributed by atoms with van der Waals surface area (Å²) in [7, 11) is 1.72. The average Bonchev–Trinajstić information content (AvgIpc) is 2.78. The lowest BCUT2D eigenvalue weighted by Gasteiger charge is -2.19. The lowest BCUT2D eigenvalue weighted by atomic mass is 9.98. The fourth-order valence-electron chi connectivity index (χ4n) is 2.63. The van der Waals surface area contributed by atoms with Gasteiger partial charge in [0, 0.05) is 11.6 Å². The number of benzene rings is 1. The monoisotopic (exact) mass is 273 g/mol. The molecule has 2 rings (SSSR count). The van der Waals surface area contributed by atoms with E-state index in [-0.39, 0.29) is 6.04 Å². The summed E-state index contributed by atoms with van der Waals surface area (Å²) in [6, 6.07) is 10.5. The van der Waals surface area contributed by atoms with Crippen molar-refractivity contribution in [3.8, 4) is 5.75 Å². The molecule has 3 nitrogen and oxygen atoms in total. The Balaban J connectivity index is 2.28. The normalized spacial score (nSPS) is 12.4. The van der Waals surface area contributed by atoms with Crippen LogP contribution in [0.1, 0.15) is 35.6 Å². The summed E-state index contributed by atoms with van der Waals surface area (Å²) < 4.78 is 11.1. The number of methoxy groups -OCH3 is 1. The summed E-state index contributed by atoms with van der Waals surface area (Å²) in [4.78, 5) is 0. The van der Waals surface area contributed by atoms with E-state index in [1.807, 2.05) is 32.0 Å². The fourth-order valence-corrected chi connectivity index (χ4v) is 2.63. The second-order valence-electron chi connectivity index (χ2n) is 4.99. The summed E-state index contributed by atoms with van der Waals surface area (Å²) in [5, 5.41) is 3.54. The molecule has 0 bridgehead atoms. The topological polar surface area (TPSA) is 34.4 Å². The molecule has 0 aliphatic rings. The molecule has 1 N–H and O–H groups in total. The molecule has 1 unspecified atom stereocenters. The molecular formula is C17H23NO2. The van der Waals surface area contributed by atoms with Gasteiger partial charge in [0.1, 0.15) is 17.3 Å². The third kappa shape index (κ3) is 3.23. The Labute approximate surface area is 121 Å². The van der Waals surface area contributed by atoms with Gasteiger partial charge in [0.05, 0.1) is 7.11 Å². The zero-order chi connectivity index (χ0) is 14.5. The molecule has 1 heterocycles. The van der Waals surface area contributed by atoms with Crippen LogP contribution in [0.3, 0.4) is 0 Å². The number of likely N-dealkylation sites (N-methyl/N-ethyl adjacent to an activating group) is 1. The number of para-hydroxylation sites is 1. The van der Waals surface area contributed by atoms with E-state index >= 15 is 0 Å². The standard InChI is InChI=1S/C17H23NO2/c1-5-18-16(15-10-12(2)20-13(15)3)11-14-8-6-7-9-17(14)19-4/h6-10,16,18H,5,11H2,1-4H3. The predicted molar refractivity (Wildman–Crippen MR) is 81.3 cm³/mol. The van der Waals surface area contributed by atoms with E-state index in [0.29, 0.717) is 0 Å². The van der Waals surface area contributed by atoms with Crippen LogP contribution in [-0.2, 0) is 6.42 Å². The molecule has 2 aromatic rings. The molecular weight excluding hydrogens is 250 g/mol. The highest BCUT2D eigenvalue weighted by Crippen LogP contribution is 2.28. The highest BCUT2D eigenvalue weighted by molar-refractivity contribution is 5.36. The number of hydrogen-bond acceptors (Lipinski definition) is 3. The fraction of sp³-hybridized carbons (Fsp3) is 0.412. The minimum atomic E-state index is 0.244. The molecule has 3 heteroatoms. The van der Waals surface area contributed by atoms with E-state index in [2.05, 4.69) is 24.4 Å². The van der Waals surface area contributed by atoms with Crippen LogP contribution in [0.25, 0.3) is 0 Å². The smallest absolute Gasteiger partial charge is 0.122 e. The first-order valence-corrected chi connectivity index (χ1v) is 7.08. The highest BCUT2D eigenvalue weighted by atomic mass is 16.5. The second kappa shape index (κ2) is 6.62. The van der Waals surface area contributed by atoms with E-state index in [9.17, 15) is 0 Å². The molecule has 1 aromatic heterocycles. The number of aryl methyl sites for hydroxylation is 2. The number of ether oxygens (including phenoxy) is 1. The Morgan fingerprint density at radius 2 is 2.00 bits per heavy atom. The van der Waals surface area contributed by atoms with Gasteiger partial charge in [0.25, 0.3) is 0 Å². The Morgan fingerprint density at radius 3 is 2.60 bits per heavy atom. The number of hydrogen-bond donors (Lipinski definition) is 1. The summed E-state index contributed by atoms with van der Waals surface area (Å²) in [5.74, 6) is 2.89. The SMILES string of the molecule is CCNC(Cc1ccccc1OC)c1cc(C)oc1C. The van der Waals surface area contributed by atoms with E-state index in [0.717, 1.165) is 30.2 Å². The first kappa shape index (κ1) is 14.7. The van der Waals surface area contributed by atoms with Crippen molar-refractivity contribution >= 4 is 0 Å². The third-order valence-electron chi connectivity index (χ3n) is 3.52. The average molecular weight is 273 g/mol. The maximum absolute atomic E-state index is 5.66. The van der Waals surface area contributed by atoms with Crippen molar-refractivity contribution < 1.29 is 9.15 Å². The Morgan fingerprint density at radius 1 is 1.25 bits per heavy atom. The molecule has 0 aliphatic carbocycles. The molecule has 0 saturated carbocycles. The van der Waals surface area contributed by atoms with Crippen LogP contribution < -0.4 is 10.1 Å². The lowest BCUT2D eigenvalue weighted by molar-refractivity contribution is 0.405. The molecule has 0 amide bonds. The maximum atomic E-state index is 5.66. The largest absolute Gasteiger partial charge is 0.496 e. The molecule has 20 heavy (non-hydrogen) atoms. The Bertz CT molecular complexity index is 560. The molecule has 0 fully saturated rings. The zero-order valence-corrected chi connectivity index (χ0v) is 12.7. The van der Waals surface area contributed by atoms with Crippen LogP contribution in [0.4, 0.5) is 0 Å². The minimum Gasteiger partial charge on any atom is -0.496 e. The van der Waals surface area contributed by atoms with E-state index in [4.69, 9.17) is 9.15 Å². The van der Waals surface area contributed by atoms with Gasteiger partial charge in [-0.25, -0.2) is 0 Å². The van der Waals surface area contributed by atoms with Gasteiger partial charge in [-0.05, 0) is 44.5 Å². The van der Waals surface area contributed by atoms with Crippen molar-refractivity contribution in [2.75, 3.05) is 13.7 Å². The van der Waals surface area contributed by atoms with Crippen molar-refractivity contribution in [1.29, 1.82) is 0 Å². The predicted octanol–water partition coefficient (Wildman–Crippen LogP) is 3.80. The summed E-state index contributed by atoms with van der Waals surface area (Å²) >= 11 is 0. The van der Waals surface area contributed by atoms with Gasteiger partial charge in [-0.3, -0.25) is 0 Å². The zero-order valence-electron chi connectivity index (χ0n) is 12.7. The van der Waals surface area contributed by atoms with E-state index < -0.39 is 0 Å². The van der Waals surface area contributed by atoms with Crippen LogP contribution in [0.15, 0.2) is 34.7 Å². The van der Waals surface area contributed by atoms with Crippen molar-refractivity contribution in [3.63, 3.8) is 0 Å². The van der Waals surface area contributed by atoms with Gasteiger partial charge in [0.15, 0.2) is 0 Å². The van der Waals surface area contributed by atoms with Crippen molar-refractivity contribution in [1.82, 2.24) is 5.32 Å². The summed E-state index contributed by atoms with van der Waals surface area (Å²) in [6.07, 6.45) is 0.887. The van der Waals surface area contributed by atoms with Gasteiger partial charge in [-0.1, -0.05) is 25.1 Å². The van der Waals surface area contributed by atoms with Crippen molar-refractivity contribution in [2.45, 2.75) is 33.2 Å². The van der Waals surface area contributed by atoms with Crippen LogP contribution >= 0.6 is 0 Å². The number of rotatable bonds is 6. The molecule has 0 saturated heterocycles. The Hall–Kier alpha value is -1.74. The van der Waals surface area contributed by atoms with E-state index in [1.165, 1.54) is 11.1 Å². The minimum absolute atomic E-state index is 0.244. The van der Waals surface area contributed by atoms with Gasteiger partial charge >= 0.3 is 0 Å². The quantitative estimate of drug-likeness (QED) is 0.869. The number of nitrogens with one attached hydrogen (secondary N) is 1. The van der Waals surface area contributed by atoms with Crippen molar-refractivity contribution in [3.05, 3.63) is 53.0 Å². The van der Waals surface area contributed by atoms with Gasteiger partial charge in [-0.15, -0.1) is 0 Å². The van der Waals surface area contributed by atoms with Gasteiger partial charge in [0.2, 0.25) is 0 Å². The molecule has 0 radical (unpaired) electrons. The van der Waals surface area contributed by atoms with Crippen LogP contribution in [0.2, 0.25) is 0 Å². The lowest BCUT2D eigenvalue weighted by Crippen LogP contribution is -2.23. The van der Waals surface area contributed by atoms with Gasteiger partial charge < -0.3 is 14.5 Å². The van der Waals surface area contributed by atoms with Gasteiger partial charge in [-0.2, -0.15) is 0 Å². The van der Waals surface area contributed by atoms with Crippen LogP contribution in [0, 0.1) is 13.8 Å². The molecule has 1 atom stereocenters. The van der Waals surface area contributed by atoms with Crippen LogP contribution in [0.5, 0.6) is 5.75 Å². The number of furan rings is 1. The second-order valence-corrected chi connectivity index (χ2v) is 4.99. The molecule has 108 valence electrons. The van der Waals surface area contributed by atoms with E-state index in [1.54, 1.807) is 7.11 Å². The third-order valence-corrected chi connectivity index (χ3v) is 3.52. The highest BCUT2D eigenvalue weighted by Gasteiger charge is 2.18. The Kier molecular flexibility index (Phi) is 4.85. The summed E-state index contributed by atoms with van der Waals surface area (Å²) in [6.45, 7) is 7.05.